The number of rotatable bonds is 7. The van der Waals surface area contributed by atoms with E-state index < -0.39 is 10.0 Å². The maximum absolute atomic E-state index is 6.39. The molecule has 374 valence electrons. The second-order valence-corrected chi connectivity index (χ2v) is 21.8. The third-order valence-electron chi connectivity index (χ3n) is 14.5. The first-order chi connectivity index (χ1) is 38.7. The van der Waals surface area contributed by atoms with Gasteiger partial charge in [-0.2, -0.15) is 0 Å². The maximum atomic E-state index is 6.39. The molecule has 0 unspecified atom stereocenters. The van der Waals surface area contributed by atoms with Gasteiger partial charge in [0.15, 0.2) is 5.58 Å². The zero-order valence-corrected chi connectivity index (χ0v) is 43.5. The zero-order valence-electron chi connectivity index (χ0n) is 42.7. The van der Waals surface area contributed by atoms with E-state index in [2.05, 4.69) is 224 Å². The Kier molecular flexibility index (Phi) is 11.5. The van der Waals surface area contributed by atoms with Crippen LogP contribution in [0.15, 0.2) is 290 Å². The Bertz CT molecular complexity index is 4680. The van der Waals surface area contributed by atoms with Crippen LogP contribution in [0.25, 0.3) is 105 Å². The van der Waals surface area contributed by atoms with Gasteiger partial charge in [-0.25, -0.2) is 4.98 Å². The van der Waals surface area contributed by atoms with Gasteiger partial charge in [-0.3, -0.25) is 24.1 Å². The number of nitrogens with zero attached hydrogens (tertiary/aromatic N) is 7. The molecule has 0 aliphatic rings. The van der Waals surface area contributed by atoms with E-state index in [0.717, 1.165) is 77.7 Å². The van der Waals surface area contributed by atoms with Crippen molar-refractivity contribution < 1.29 is 8.83 Å². The molecule has 16 rings (SSSR count). The van der Waals surface area contributed by atoms with Gasteiger partial charge in [0.25, 0.3) is 0 Å². The fraction of sp³-hybridized carbons (Fsp3) is 0.0294. The van der Waals surface area contributed by atoms with Crippen molar-refractivity contribution >= 4 is 98.2 Å². The average molecular weight is 1030 g/mol. The van der Waals surface area contributed by atoms with E-state index in [1.54, 1.807) is 18.6 Å². The summed E-state index contributed by atoms with van der Waals surface area (Å²) in [5, 5.41) is 6.49. The Morgan fingerprint density at radius 2 is 0.808 bits per heavy atom. The molecule has 0 amide bonds. The third-order valence-corrected chi connectivity index (χ3v) is 18.4. The summed E-state index contributed by atoms with van der Waals surface area (Å²) in [7, 11) is -1.76. The number of aromatic nitrogens is 7. The van der Waals surface area contributed by atoms with Crippen LogP contribution in [0.5, 0.6) is 0 Å². The van der Waals surface area contributed by atoms with E-state index in [4.69, 9.17) is 18.8 Å². The fourth-order valence-corrected chi connectivity index (χ4v) is 15.2. The molecule has 0 saturated carbocycles. The van der Waals surface area contributed by atoms with Crippen LogP contribution in [0.3, 0.4) is 0 Å². The summed E-state index contributed by atoms with van der Waals surface area (Å²) >= 11 is 0. The molecule has 10 heteroatoms. The van der Waals surface area contributed by atoms with E-state index in [1.807, 2.05) is 56.6 Å². The Hall–Kier alpha value is -10.0. The number of hydrogen-bond acceptors (Lipinski definition) is 6. The monoisotopic (exact) mass is 1030 g/mol. The predicted molar refractivity (Wildman–Crippen MR) is 318 cm³/mol. The highest BCUT2D eigenvalue weighted by atomic mass is 32.3. The minimum Gasteiger partial charge on any atom is -0.437 e. The van der Waals surface area contributed by atoms with Gasteiger partial charge in [0, 0.05) is 71.9 Å². The van der Waals surface area contributed by atoms with Gasteiger partial charge in [-0.1, -0.05) is 111 Å². The molecule has 0 fully saturated rings. The number of pyridine rings is 4. The van der Waals surface area contributed by atoms with Gasteiger partial charge >= 0.3 is 0 Å². The fourth-order valence-electron chi connectivity index (χ4n) is 11.4. The summed E-state index contributed by atoms with van der Waals surface area (Å²) in [6.45, 7) is 4.00. The first-order valence-corrected chi connectivity index (χ1v) is 27.8. The van der Waals surface area contributed by atoms with Crippen molar-refractivity contribution in [2.75, 3.05) is 0 Å². The molecule has 78 heavy (non-hydrogen) atoms. The predicted octanol–water partition coefficient (Wildman–Crippen LogP) is 18.1. The van der Waals surface area contributed by atoms with Crippen molar-refractivity contribution in [1.82, 2.24) is 33.6 Å². The van der Waals surface area contributed by atoms with Crippen molar-refractivity contribution in [2.24, 2.45) is 0 Å². The Balaban J connectivity index is 0.000000139. The van der Waals surface area contributed by atoms with Gasteiger partial charge in [0.2, 0.25) is 17.1 Å². The lowest BCUT2D eigenvalue weighted by Crippen LogP contribution is -2.05. The average Bonchev–Trinajstić information content (AvgIpc) is 4.47. The lowest BCUT2D eigenvalue weighted by molar-refractivity contribution is 0.632. The molecular formula is C68H49N7O2S. The number of fused-ring (bicyclic) bond motifs is 13. The molecule has 9 heterocycles. The van der Waals surface area contributed by atoms with Gasteiger partial charge in [0.1, 0.15) is 11.0 Å². The minimum absolute atomic E-state index is 0.623. The van der Waals surface area contributed by atoms with Crippen LogP contribution in [-0.2, 0) is 0 Å². The van der Waals surface area contributed by atoms with Crippen molar-refractivity contribution in [2.45, 2.75) is 33.4 Å². The summed E-state index contributed by atoms with van der Waals surface area (Å²) in [6, 6.07) is 81.5. The van der Waals surface area contributed by atoms with Gasteiger partial charge in [-0.05, 0) is 133 Å². The number of hydrogen-bond donors (Lipinski definition) is 0. The summed E-state index contributed by atoms with van der Waals surface area (Å²) in [4.78, 5) is 23.4. The van der Waals surface area contributed by atoms with E-state index in [-0.39, 0.29) is 0 Å². The second-order valence-electron chi connectivity index (χ2n) is 18.6. The van der Waals surface area contributed by atoms with E-state index in [0.29, 0.717) is 5.71 Å². The summed E-state index contributed by atoms with van der Waals surface area (Å²) in [5.41, 5.74) is 12.3. The lowest BCUT2D eigenvalue weighted by Gasteiger charge is -2.42. The third kappa shape index (κ3) is 7.25. The van der Waals surface area contributed by atoms with Crippen molar-refractivity contribution in [3.05, 3.63) is 262 Å². The first kappa shape index (κ1) is 46.5. The van der Waals surface area contributed by atoms with Crippen LogP contribution in [0.2, 0.25) is 0 Å². The molecule has 0 aliphatic heterocycles. The number of furan rings is 2. The first-order valence-electron chi connectivity index (χ1n) is 26.2. The molecule has 0 aliphatic carbocycles. The molecule has 0 bridgehead atoms. The molecule has 0 spiro atoms. The second kappa shape index (κ2) is 19.3. The standard InChI is InChI=1S/C36H25N3OS.C30H18N4O.C2H6/c1-4-11-27(12-5-1)41(28-13-6-2-7-14-28,29-15-8-3-9-16-29)30-20-18-26(19-21-30)39-32-17-10-23-38-35(32)34-31-22-24-37-25-33(31)40-36(34)39;1-3-13-24-21(10-1)22-11-2-4-14-25(22)33(24)19-8-5-9-20(18-19)34-26-15-7-16-31-28(26)27-23-12-6-17-32-29(23)35-30(27)34;1-2/h1-25H;1-18H;1-2H3. The quantitative estimate of drug-likeness (QED) is 0.158. The highest BCUT2D eigenvalue weighted by Crippen LogP contribution is 2.73. The Morgan fingerprint density at radius 3 is 1.41 bits per heavy atom. The van der Waals surface area contributed by atoms with Gasteiger partial charge < -0.3 is 13.4 Å². The van der Waals surface area contributed by atoms with Crippen LogP contribution in [-0.4, -0.2) is 33.6 Å². The van der Waals surface area contributed by atoms with Crippen LogP contribution >= 0.6 is 10.0 Å². The van der Waals surface area contributed by atoms with E-state index >= 15 is 0 Å². The van der Waals surface area contributed by atoms with Crippen molar-refractivity contribution in [3.8, 4) is 17.1 Å². The van der Waals surface area contributed by atoms with Crippen LogP contribution in [0.1, 0.15) is 13.8 Å². The molecule has 0 atom stereocenters. The van der Waals surface area contributed by atoms with Crippen LogP contribution in [0, 0.1) is 0 Å². The van der Waals surface area contributed by atoms with Crippen molar-refractivity contribution in [1.29, 1.82) is 0 Å². The van der Waals surface area contributed by atoms with E-state index in [9.17, 15) is 0 Å². The van der Waals surface area contributed by atoms with Gasteiger partial charge in [0.05, 0.1) is 50.1 Å². The van der Waals surface area contributed by atoms with E-state index in [1.165, 1.54) is 41.4 Å². The summed E-state index contributed by atoms with van der Waals surface area (Å²) < 4.78 is 19.3. The molecule has 0 N–H and O–H groups in total. The summed E-state index contributed by atoms with van der Waals surface area (Å²) in [5.74, 6) is 0. The topological polar surface area (TPSA) is 92.6 Å². The molecule has 0 radical (unpaired) electrons. The SMILES string of the molecule is CC.c1cc(-n2c3ccccc3c3ccccc32)cc(-n2c3cccnc3c3c4cccnc4oc32)c1.c1ccc(S(c2ccccc2)(c2ccccc2)c2ccc(-n3c4cccnc4c4c5ccncc5oc43)cc2)cc1. The maximum Gasteiger partial charge on any atom is 0.229 e. The normalized spacial score (nSPS) is 11.9. The number of benzene rings is 7. The summed E-state index contributed by atoms with van der Waals surface area (Å²) in [6.07, 6.45) is 9.00. The molecule has 16 aromatic rings. The Morgan fingerprint density at radius 1 is 0.346 bits per heavy atom. The molecule has 9 nitrogen and oxygen atoms in total. The van der Waals surface area contributed by atoms with Crippen molar-refractivity contribution in [3.63, 3.8) is 0 Å². The minimum atomic E-state index is -1.76. The Labute approximate surface area is 450 Å². The molecule has 9 aromatic heterocycles. The lowest BCUT2D eigenvalue weighted by atomic mass is 10.2. The molecular weight excluding hydrogens is 979 g/mol. The van der Waals surface area contributed by atoms with Crippen LogP contribution < -0.4 is 0 Å². The smallest absolute Gasteiger partial charge is 0.229 e. The zero-order chi connectivity index (χ0) is 52.2. The van der Waals surface area contributed by atoms with Crippen LogP contribution in [0.4, 0.5) is 0 Å². The molecule has 7 aromatic carbocycles. The number of para-hydroxylation sites is 2. The highest BCUT2D eigenvalue weighted by Gasteiger charge is 2.33. The molecule has 0 saturated heterocycles. The highest BCUT2D eigenvalue weighted by molar-refractivity contribution is 8.34. The van der Waals surface area contributed by atoms with Gasteiger partial charge in [-0.15, -0.1) is 10.0 Å². The largest absolute Gasteiger partial charge is 0.437 e.